The highest BCUT2D eigenvalue weighted by Crippen LogP contribution is 2.22. The Bertz CT molecular complexity index is 399. The van der Waals surface area contributed by atoms with Crippen LogP contribution in [0.15, 0.2) is 18.2 Å². The highest BCUT2D eigenvalue weighted by Gasteiger charge is 2.04. The normalized spacial score (nSPS) is 10.3. The van der Waals surface area contributed by atoms with E-state index in [-0.39, 0.29) is 0 Å². The number of rotatable bonds is 8. The second kappa shape index (κ2) is 7.92. The third-order valence-corrected chi connectivity index (χ3v) is 2.67. The van der Waals surface area contributed by atoms with E-state index in [9.17, 15) is 4.79 Å². The molecule has 1 amide bonds. The molecule has 0 aromatic heterocycles. The van der Waals surface area contributed by atoms with Gasteiger partial charge in [0.25, 0.3) is 0 Å². The van der Waals surface area contributed by atoms with Crippen LogP contribution in [-0.2, 0) is 4.74 Å². The lowest BCUT2D eigenvalue weighted by Crippen LogP contribution is -2.25. The number of carbonyl (C=O) groups excluding carboxylic acids is 1. The molecule has 100 valence electrons. The van der Waals surface area contributed by atoms with Crippen molar-refractivity contribution in [2.45, 2.75) is 0 Å². The van der Waals surface area contributed by atoms with Crippen LogP contribution in [0.25, 0.3) is 0 Å². The Hall–Kier alpha value is -1.30. The van der Waals surface area contributed by atoms with Crippen LogP contribution in [0.2, 0.25) is 5.02 Å². The molecular weight excluding hydrogens is 254 g/mol. The second-order valence-corrected chi connectivity index (χ2v) is 4.14. The molecule has 1 rings (SSSR count). The predicted molar refractivity (Wildman–Crippen MR) is 73.2 cm³/mol. The molecular formula is C12H18ClN3O2. The number of nitrogens with one attached hydrogen (secondary N) is 2. The number of methoxy groups -OCH3 is 1. The molecule has 0 radical (unpaired) electrons. The van der Waals surface area contributed by atoms with Crippen molar-refractivity contribution in [2.75, 3.05) is 38.7 Å². The van der Waals surface area contributed by atoms with E-state index in [4.69, 9.17) is 22.1 Å². The van der Waals surface area contributed by atoms with Crippen LogP contribution < -0.4 is 16.4 Å². The molecule has 0 aliphatic rings. The van der Waals surface area contributed by atoms with Gasteiger partial charge >= 0.3 is 0 Å². The number of ether oxygens (including phenoxy) is 1. The SMILES string of the molecule is COCCNCCNc1ccc(C(N)=O)cc1Cl. The average molecular weight is 272 g/mol. The van der Waals surface area contributed by atoms with Crippen LogP contribution in [0.4, 0.5) is 5.69 Å². The monoisotopic (exact) mass is 271 g/mol. The molecule has 0 saturated carbocycles. The second-order valence-electron chi connectivity index (χ2n) is 3.73. The number of primary amides is 1. The van der Waals surface area contributed by atoms with Crippen LogP contribution in [-0.4, -0.2) is 39.3 Å². The zero-order valence-electron chi connectivity index (χ0n) is 10.3. The third-order valence-electron chi connectivity index (χ3n) is 2.35. The molecule has 1 aromatic carbocycles. The van der Waals surface area contributed by atoms with Crippen molar-refractivity contribution < 1.29 is 9.53 Å². The maximum atomic E-state index is 10.9. The van der Waals surface area contributed by atoms with Gasteiger partial charge in [-0.15, -0.1) is 0 Å². The fraction of sp³-hybridized carbons (Fsp3) is 0.417. The number of carbonyl (C=O) groups is 1. The topological polar surface area (TPSA) is 76.4 Å². The van der Waals surface area contributed by atoms with Gasteiger partial charge in [-0.05, 0) is 18.2 Å². The lowest BCUT2D eigenvalue weighted by atomic mass is 10.2. The molecule has 0 saturated heterocycles. The summed E-state index contributed by atoms with van der Waals surface area (Å²) in [5.41, 5.74) is 6.35. The summed E-state index contributed by atoms with van der Waals surface area (Å²) in [6, 6.07) is 4.96. The average Bonchev–Trinajstić information content (AvgIpc) is 2.35. The van der Waals surface area contributed by atoms with Gasteiger partial charge in [0.2, 0.25) is 5.91 Å². The summed E-state index contributed by atoms with van der Waals surface area (Å²) in [6.07, 6.45) is 0. The minimum Gasteiger partial charge on any atom is -0.383 e. The molecule has 0 fully saturated rings. The van der Waals surface area contributed by atoms with Gasteiger partial charge in [-0.2, -0.15) is 0 Å². The Kier molecular flexibility index (Phi) is 6.49. The van der Waals surface area contributed by atoms with Gasteiger partial charge < -0.3 is 21.1 Å². The zero-order chi connectivity index (χ0) is 13.4. The molecule has 0 atom stereocenters. The van der Waals surface area contributed by atoms with Crippen LogP contribution >= 0.6 is 11.6 Å². The first-order valence-electron chi connectivity index (χ1n) is 5.68. The minimum absolute atomic E-state index is 0.406. The molecule has 0 aliphatic heterocycles. The molecule has 1 aromatic rings. The van der Waals surface area contributed by atoms with E-state index in [2.05, 4.69) is 10.6 Å². The number of hydrogen-bond donors (Lipinski definition) is 3. The number of amides is 1. The lowest BCUT2D eigenvalue weighted by molar-refractivity contribution is 0.100. The first-order valence-corrected chi connectivity index (χ1v) is 6.06. The standard InChI is InChI=1S/C12H18ClN3O2/c1-18-7-6-15-4-5-16-11-3-2-9(12(14)17)8-10(11)13/h2-3,8,15-16H,4-7H2,1H3,(H2,14,17). The first-order chi connectivity index (χ1) is 8.65. The van der Waals surface area contributed by atoms with E-state index in [1.54, 1.807) is 25.3 Å². The largest absolute Gasteiger partial charge is 0.383 e. The first kappa shape index (κ1) is 14.8. The highest BCUT2D eigenvalue weighted by molar-refractivity contribution is 6.33. The summed E-state index contributed by atoms with van der Waals surface area (Å²) >= 11 is 6.03. The summed E-state index contributed by atoms with van der Waals surface area (Å²) in [6.45, 7) is 3.04. The van der Waals surface area contributed by atoms with Gasteiger partial charge in [-0.3, -0.25) is 4.79 Å². The fourth-order valence-electron chi connectivity index (χ4n) is 1.40. The summed E-state index contributed by atoms with van der Waals surface area (Å²) in [7, 11) is 1.67. The number of nitrogens with two attached hydrogens (primary N) is 1. The van der Waals surface area contributed by atoms with E-state index in [0.717, 1.165) is 25.3 Å². The maximum Gasteiger partial charge on any atom is 0.248 e. The van der Waals surface area contributed by atoms with Gasteiger partial charge in [-0.1, -0.05) is 11.6 Å². The van der Waals surface area contributed by atoms with Gasteiger partial charge in [0.1, 0.15) is 0 Å². The van der Waals surface area contributed by atoms with Crippen molar-refractivity contribution in [1.29, 1.82) is 0 Å². The van der Waals surface area contributed by atoms with E-state index < -0.39 is 5.91 Å². The van der Waals surface area contributed by atoms with Crippen molar-refractivity contribution in [1.82, 2.24) is 5.32 Å². The quantitative estimate of drug-likeness (QED) is 0.619. The molecule has 0 unspecified atom stereocenters. The number of hydrogen-bond acceptors (Lipinski definition) is 4. The number of benzene rings is 1. The maximum absolute atomic E-state index is 10.9. The number of anilines is 1. The smallest absolute Gasteiger partial charge is 0.248 e. The van der Waals surface area contributed by atoms with Gasteiger partial charge in [0, 0.05) is 32.3 Å². The van der Waals surface area contributed by atoms with Crippen molar-refractivity contribution in [3.05, 3.63) is 28.8 Å². The molecule has 18 heavy (non-hydrogen) atoms. The third kappa shape index (κ3) is 4.91. The van der Waals surface area contributed by atoms with Crippen molar-refractivity contribution in [3.8, 4) is 0 Å². The molecule has 0 heterocycles. The Morgan fingerprint density at radius 2 is 2.17 bits per heavy atom. The highest BCUT2D eigenvalue weighted by atomic mass is 35.5. The Labute approximate surface area is 112 Å². The zero-order valence-corrected chi connectivity index (χ0v) is 11.1. The predicted octanol–water partition coefficient (Wildman–Crippen LogP) is 1.09. The molecule has 5 nitrogen and oxygen atoms in total. The Morgan fingerprint density at radius 1 is 1.39 bits per heavy atom. The summed E-state index contributed by atoms with van der Waals surface area (Å²) in [5, 5.41) is 6.86. The Balaban J connectivity index is 2.36. The van der Waals surface area contributed by atoms with Crippen molar-refractivity contribution in [2.24, 2.45) is 5.73 Å². The van der Waals surface area contributed by atoms with Gasteiger partial charge in [-0.25, -0.2) is 0 Å². The summed E-state index contributed by atoms with van der Waals surface area (Å²) in [4.78, 5) is 10.9. The molecule has 0 bridgehead atoms. The fourth-order valence-corrected chi connectivity index (χ4v) is 1.64. The number of halogens is 1. The van der Waals surface area contributed by atoms with Crippen LogP contribution in [0.1, 0.15) is 10.4 Å². The van der Waals surface area contributed by atoms with E-state index in [1.165, 1.54) is 0 Å². The minimum atomic E-state index is -0.482. The van der Waals surface area contributed by atoms with Crippen molar-refractivity contribution in [3.63, 3.8) is 0 Å². The van der Waals surface area contributed by atoms with Crippen molar-refractivity contribution >= 4 is 23.2 Å². The molecule has 6 heteroatoms. The molecule has 4 N–H and O–H groups in total. The van der Waals surface area contributed by atoms with Crippen LogP contribution in [0.3, 0.4) is 0 Å². The summed E-state index contributed by atoms with van der Waals surface area (Å²) in [5.74, 6) is -0.482. The molecule has 0 aliphatic carbocycles. The molecule has 0 spiro atoms. The summed E-state index contributed by atoms with van der Waals surface area (Å²) < 4.78 is 4.91. The lowest BCUT2D eigenvalue weighted by Gasteiger charge is -2.09. The van der Waals surface area contributed by atoms with E-state index in [1.807, 2.05) is 0 Å². The van der Waals surface area contributed by atoms with E-state index >= 15 is 0 Å². The van der Waals surface area contributed by atoms with Crippen LogP contribution in [0, 0.1) is 0 Å². The van der Waals surface area contributed by atoms with Gasteiger partial charge in [0.15, 0.2) is 0 Å². The van der Waals surface area contributed by atoms with E-state index in [0.29, 0.717) is 17.2 Å². The van der Waals surface area contributed by atoms with Gasteiger partial charge in [0.05, 0.1) is 17.3 Å². The van der Waals surface area contributed by atoms with Crippen LogP contribution in [0.5, 0.6) is 0 Å². The Morgan fingerprint density at radius 3 is 2.78 bits per heavy atom.